The van der Waals surface area contributed by atoms with Crippen LogP contribution in [0.15, 0.2) is 48.4 Å². The van der Waals surface area contributed by atoms with E-state index in [4.69, 9.17) is 0 Å². The standard InChI is InChI=1S/C17H11N7OS/c25-17(24-16-13-15(19-7-18-13)20-8-21-16)9-3-1-4-10-12(9)23-14(22-10)11-5-2-6-26-11/h1-8H,(H,22,23)(H2,18,19,20,21,24,25). The van der Waals surface area contributed by atoms with Crippen LogP contribution in [0.2, 0.25) is 0 Å². The van der Waals surface area contributed by atoms with Crippen LogP contribution in [0, 0.1) is 0 Å². The van der Waals surface area contributed by atoms with Crippen molar-refractivity contribution in [2.24, 2.45) is 0 Å². The summed E-state index contributed by atoms with van der Waals surface area (Å²) >= 11 is 1.59. The first-order chi connectivity index (χ1) is 12.8. The van der Waals surface area contributed by atoms with Gasteiger partial charge in [-0.3, -0.25) is 4.79 Å². The van der Waals surface area contributed by atoms with E-state index in [-0.39, 0.29) is 5.91 Å². The zero-order chi connectivity index (χ0) is 17.5. The van der Waals surface area contributed by atoms with Crippen LogP contribution in [0.1, 0.15) is 10.4 Å². The molecule has 0 saturated heterocycles. The normalized spacial score (nSPS) is 11.2. The van der Waals surface area contributed by atoms with Gasteiger partial charge in [0, 0.05) is 0 Å². The number of thiophene rings is 1. The Kier molecular flexibility index (Phi) is 3.25. The van der Waals surface area contributed by atoms with Crippen molar-refractivity contribution in [3.05, 3.63) is 53.9 Å². The number of hydrogen-bond acceptors (Lipinski definition) is 6. The third kappa shape index (κ3) is 2.33. The van der Waals surface area contributed by atoms with Crippen LogP contribution >= 0.6 is 11.3 Å². The molecule has 3 N–H and O–H groups in total. The van der Waals surface area contributed by atoms with Gasteiger partial charge in [0.25, 0.3) is 5.91 Å². The van der Waals surface area contributed by atoms with Crippen LogP contribution in [-0.4, -0.2) is 35.8 Å². The van der Waals surface area contributed by atoms with Gasteiger partial charge in [-0.05, 0) is 23.6 Å². The quantitative estimate of drug-likeness (QED) is 0.457. The number of aromatic nitrogens is 6. The maximum Gasteiger partial charge on any atom is 0.259 e. The maximum absolute atomic E-state index is 12.8. The highest BCUT2D eigenvalue weighted by Crippen LogP contribution is 2.26. The second-order valence-electron chi connectivity index (χ2n) is 5.54. The number of nitrogens with zero attached hydrogens (tertiary/aromatic N) is 4. The van der Waals surface area contributed by atoms with Crippen LogP contribution in [-0.2, 0) is 0 Å². The molecule has 0 aliphatic rings. The molecule has 26 heavy (non-hydrogen) atoms. The van der Waals surface area contributed by atoms with Gasteiger partial charge in [-0.2, -0.15) is 0 Å². The fourth-order valence-electron chi connectivity index (χ4n) is 2.78. The average Bonchev–Trinajstić information content (AvgIpc) is 3.39. The number of rotatable bonds is 3. The third-order valence-corrected chi connectivity index (χ3v) is 4.84. The predicted molar refractivity (Wildman–Crippen MR) is 99.0 cm³/mol. The van der Waals surface area contributed by atoms with Gasteiger partial charge in [0.15, 0.2) is 11.5 Å². The van der Waals surface area contributed by atoms with E-state index >= 15 is 0 Å². The van der Waals surface area contributed by atoms with Gasteiger partial charge in [0.2, 0.25) is 0 Å². The lowest BCUT2D eigenvalue weighted by Gasteiger charge is -2.05. The Labute approximate surface area is 150 Å². The summed E-state index contributed by atoms with van der Waals surface area (Å²) in [5, 5.41) is 4.80. The highest BCUT2D eigenvalue weighted by molar-refractivity contribution is 7.13. The molecule has 1 amide bonds. The number of carbonyl (C=O) groups is 1. The minimum atomic E-state index is -0.297. The monoisotopic (exact) mass is 361 g/mol. The number of H-pyrrole nitrogens is 2. The highest BCUT2D eigenvalue weighted by Gasteiger charge is 2.17. The van der Waals surface area contributed by atoms with Crippen LogP contribution in [0.3, 0.4) is 0 Å². The molecule has 1 aromatic carbocycles. The summed E-state index contributed by atoms with van der Waals surface area (Å²) in [5.41, 5.74) is 2.95. The molecule has 0 aliphatic carbocycles. The molecule has 5 aromatic rings. The van der Waals surface area contributed by atoms with E-state index in [1.807, 2.05) is 29.6 Å². The number of benzene rings is 1. The molecule has 0 bridgehead atoms. The highest BCUT2D eigenvalue weighted by atomic mass is 32.1. The van der Waals surface area contributed by atoms with Crippen molar-refractivity contribution in [1.29, 1.82) is 0 Å². The maximum atomic E-state index is 12.8. The minimum absolute atomic E-state index is 0.297. The van der Waals surface area contributed by atoms with Crippen LogP contribution in [0.4, 0.5) is 5.82 Å². The Bertz CT molecular complexity index is 1240. The molecule has 0 fully saturated rings. The first kappa shape index (κ1) is 14.7. The van der Waals surface area contributed by atoms with Crippen molar-refractivity contribution < 1.29 is 4.79 Å². The molecule has 4 aromatic heterocycles. The molecule has 0 aliphatic heterocycles. The van der Waals surface area contributed by atoms with E-state index < -0.39 is 0 Å². The second-order valence-corrected chi connectivity index (χ2v) is 6.49. The number of hydrogen-bond donors (Lipinski definition) is 3. The van der Waals surface area contributed by atoms with Crippen LogP contribution in [0.25, 0.3) is 32.9 Å². The molecule has 0 spiro atoms. The largest absolute Gasteiger partial charge is 0.340 e. The van der Waals surface area contributed by atoms with E-state index in [2.05, 4.69) is 35.2 Å². The fourth-order valence-corrected chi connectivity index (χ4v) is 3.45. The average molecular weight is 361 g/mol. The lowest BCUT2D eigenvalue weighted by atomic mass is 10.1. The Morgan fingerprint density at radius 1 is 1.12 bits per heavy atom. The van der Waals surface area contributed by atoms with Gasteiger partial charge in [0.05, 0.1) is 22.3 Å². The Hall–Kier alpha value is -3.59. The number of imidazole rings is 2. The smallest absolute Gasteiger partial charge is 0.259 e. The molecule has 8 nitrogen and oxygen atoms in total. The fraction of sp³-hybridized carbons (Fsp3) is 0. The van der Waals surface area contributed by atoms with E-state index in [1.165, 1.54) is 12.7 Å². The van der Waals surface area contributed by atoms with Gasteiger partial charge in [-0.25, -0.2) is 19.9 Å². The van der Waals surface area contributed by atoms with Gasteiger partial charge >= 0.3 is 0 Å². The van der Waals surface area contributed by atoms with E-state index in [1.54, 1.807) is 17.4 Å². The van der Waals surface area contributed by atoms with Gasteiger partial charge in [-0.1, -0.05) is 12.1 Å². The topological polar surface area (TPSA) is 112 Å². The first-order valence-electron chi connectivity index (χ1n) is 7.77. The minimum Gasteiger partial charge on any atom is -0.340 e. The van der Waals surface area contributed by atoms with Crippen molar-refractivity contribution in [2.45, 2.75) is 0 Å². The third-order valence-electron chi connectivity index (χ3n) is 3.97. The van der Waals surface area contributed by atoms with Gasteiger partial charge in [0.1, 0.15) is 23.2 Å². The van der Waals surface area contributed by atoms with Crippen molar-refractivity contribution in [2.75, 3.05) is 5.32 Å². The number of carbonyl (C=O) groups excluding carboxylic acids is 1. The predicted octanol–water partition coefficient (Wildman–Crippen LogP) is 3.21. The van der Waals surface area contributed by atoms with Crippen molar-refractivity contribution in [3.8, 4) is 10.7 Å². The second kappa shape index (κ2) is 5.74. The summed E-state index contributed by atoms with van der Waals surface area (Å²) in [6, 6.07) is 9.40. The zero-order valence-corrected chi connectivity index (χ0v) is 14.0. The first-order valence-corrected chi connectivity index (χ1v) is 8.65. The van der Waals surface area contributed by atoms with Crippen molar-refractivity contribution in [1.82, 2.24) is 29.9 Å². The van der Waals surface area contributed by atoms with Gasteiger partial charge < -0.3 is 15.3 Å². The molecule has 0 unspecified atom stereocenters. The van der Waals surface area contributed by atoms with Crippen LogP contribution in [0.5, 0.6) is 0 Å². The number of nitrogens with one attached hydrogen (secondary N) is 3. The lowest BCUT2D eigenvalue weighted by Crippen LogP contribution is -2.14. The number of amides is 1. The Balaban J connectivity index is 1.56. The molecule has 5 rings (SSSR count). The van der Waals surface area contributed by atoms with E-state index in [0.29, 0.717) is 28.1 Å². The summed E-state index contributed by atoms with van der Waals surface area (Å²) < 4.78 is 0. The summed E-state index contributed by atoms with van der Waals surface area (Å²) in [4.78, 5) is 36.9. The molecule has 126 valence electrons. The zero-order valence-electron chi connectivity index (χ0n) is 13.2. The number of para-hydroxylation sites is 1. The number of anilines is 1. The molecule has 9 heteroatoms. The summed E-state index contributed by atoms with van der Waals surface area (Å²) in [6.45, 7) is 0. The molecular formula is C17H11N7OS. The number of fused-ring (bicyclic) bond motifs is 2. The van der Waals surface area contributed by atoms with Crippen molar-refractivity contribution in [3.63, 3.8) is 0 Å². The van der Waals surface area contributed by atoms with E-state index in [9.17, 15) is 4.79 Å². The number of aromatic amines is 2. The molecule has 4 heterocycles. The lowest BCUT2D eigenvalue weighted by molar-refractivity contribution is 0.102. The molecular weight excluding hydrogens is 350 g/mol. The van der Waals surface area contributed by atoms with Crippen molar-refractivity contribution >= 4 is 45.3 Å². The van der Waals surface area contributed by atoms with Crippen LogP contribution < -0.4 is 5.32 Å². The van der Waals surface area contributed by atoms with E-state index in [0.717, 1.165) is 16.2 Å². The summed E-state index contributed by atoms with van der Waals surface area (Å²) in [6.07, 6.45) is 2.87. The molecule has 0 saturated carbocycles. The molecule has 0 atom stereocenters. The Morgan fingerprint density at radius 2 is 2.08 bits per heavy atom. The molecule has 0 radical (unpaired) electrons. The van der Waals surface area contributed by atoms with Gasteiger partial charge in [-0.15, -0.1) is 11.3 Å². The Morgan fingerprint density at radius 3 is 2.96 bits per heavy atom. The summed E-state index contributed by atoms with van der Waals surface area (Å²) in [7, 11) is 0. The SMILES string of the molecule is O=C(Nc1ncnc2nc[nH]c12)c1cccc2[nH]c(-c3cccs3)nc12. The summed E-state index contributed by atoms with van der Waals surface area (Å²) in [5.74, 6) is 0.825.